The van der Waals surface area contributed by atoms with E-state index in [9.17, 15) is 14.7 Å². The molecule has 2 amide bonds. The third kappa shape index (κ3) is 6.05. The first-order valence-electron chi connectivity index (χ1n) is 10.0. The minimum atomic E-state index is -0.196. The van der Waals surface area contributed by atoms with Crippen molar-refractivity contribution >= 4 is 39.5 Å². The normalized spacial score (nSPS) is 18.0. The Morgan fingerprint density at radius 3 is 2.94 bits per heavy atom. The van der Waals surface area contributed by atoms with Crippen molar-refractivity contribution in [3.63, 3.8) is 0 Å². The molecule has 0 saturated carbocycles. The number of rotatable bonds is 5. The van der Waals surface area contributed by atoms with E-state index in [1.807, 2.05) is 24.0 Å². The molecule has 1 saturated heterocycles. The van der Waals surface area contributed by atoms with E-state index in [1.165, 1.54) is 0 Å². The molecule has 0 radical (unpaired) electrons. The van der Waals surface area contributed by atoms with Crippen LogP contribution in [-0.2, 0) is 9.59 Å². The van der Waals surface area contributed by atoms with Crippen molar-refractivity contribution in [3.8, 4) is 5.88 Å². The number of halogens is 1. The quantitative estimate of drug-likeness (QED) is 0.510. The molecule has 8 nitrogen and oxygen atoms in total. The molecule has 0 atom stereocenters. The van der Waals surface area contributed by atoms with Crippen molar-refractivity contribution in [1.82, 2.24) is 20.5 Å². The topological polar surface area (TPSA) is 110 Å². The second kappa shape index (κ2) is 10.4. The first kappa shape index (κ1) is 22.8. The van der Waals surface area contributed by atoms with Crippen molar-refractivity contribution in [2.75, 3.05) is 32.7 Å². The summed E-state index contributed by atoms with van der Waals surface area (Å²) in [5.41, 5.74) is 3.05. The van der Waals surface area contributed by atoms with Crippen LogP contribution in [-0.4, -0.2) is 65.2 Å². The molecule has 1 fully saturated rings. The van der Waals surface area contributed by atoms with E-state index in [4.69, 9.17) is 0 Å². The summed E-state index contributed by atoms with van der Waals surface area (Å²) in [5, 5.41) is 16.0. The number of aromatic nitrogens is 1. The van der Waals surface area contributed by atoms with Crippen LogP contribution in [0, 0.1) is 0 Å². The van der Waals surface area contributed by atoms with Crippen LogP contribution in [0.1, 0.15) is 19.4 Å². The fourth-order valence-electron chi connectivity index (χ4n) is 3.41. The van der Waals surface area contributed by atoms with Gasteiger partial charge in [0.15, 0.2) is 5.88 Å². The molecular formula is C22H26BrN5O3. The smallest absolute Gasteiger partial charge is 0.253 e. The number of aromatic amines is 1. The summed E-state index contributed by atoms with van der Waals surface area (Å²) < 4.78 is 0.848. The number of piperazine rings is 1. The van der Waals surface area contributed by atoms with E-state index in [-0.39, 0.29) is 17.7 Å². The lowest BCUT2D eigenvalue weighted by Gasteiger charge is -2.26. The number of hydrogen-bond donors (Lipinski definition) is 4. The fraction of sp³-hybridized carbons (Fsp3) is 0.318. The van der Waals surface area contributed by atoms with Gasteiger partial charge < -0.3 is 20.7 Å². The SMILES string of the molecule is CC1=N/C(=C\c2ccc(Br)ccc[nH]c2O)C(C)=C1C(=O)NCCN1CCNC(=O)C1. The van der Waals surface area contributed by atoms with E-state index in [1.54, 1.807) is 31.3 Å². The lowest BCUT2D eigenvalue weighted by Crippen LogP contribution is -2.49. The van der Waals surface area contributed by atoms with Gasteiger partial charge in [0.05, 0.1) is 23.5 Å². The molecule has 31 heavy (non-hydrogen) atoms. The summed E-state index contributed by atoms with van der Waals surface area (Å²) in [6.07, 6.45) is 3.36. The van der Waals surface area contributed by atoms with E-state index >= 15 is 0 Å². The van der Waals surface area contributed by atoms with Crippen molar-refractivity contribution in [2.45, 2.75) is 13.8 Å². The number of nitrogens with zero attached hydrogens (tertiary/aromatic N) is 2. The van der Waals surface area contributed by atoms with Crippen molar-refractivity contribution in [3.05, 3.63) is 57.3 Å². The highest BCUT2D eigenvalue weighted by molar-refractivity contribution is 9.10. The largest absolute Gasteiger partial charge is 0.494 e. The number of hydrogen-bond acceptors (Lipinski definition) is 5. The average molecular weight is 488 g/mol. The van der Waals surface area contributed by atoms with E-state index in [0.717, 1.165) is 16.6 Å². The number of allylic oxidation sites excluding steroid dienone is 1. The zero-order valence-electron chi connectivity index (χ0n) is 17.5. The second-order valence-electron chi connectivity index (χ2n) is 7.30. The first-order valence-corrected chi connectivity index (χ1v) is 10.8. The van der Waals surface area contributed by atoms with Gasteiger partial charge in [-0.25, -0.2) is 0 Å². The highest BCUT2D eigenvalue weighted by Gasteiger charge is 2.24. The lowest BCUT2D eigenvalue weighted by atomic mass is 10.0. The van der Waals surface area contributed by atoms with Crippen LogP contribution in [0.5, 0.6) is 5.88 Å². The zero-order chi connectivity index (χ0) is 22.4. The zero-order valence-corrected chi connectivity index (χ0v) is 19.1. The molecule has 0 aliphatic carbocycles. The maximum atomic E-state index is 12.8. The molecule has 3 rings (SSSR count). The van der Waals surface area contributed by atoms with Gasteiger partial charge in [-0.1, -0.05) is 15.9 Å². The molecule has 1 aromatic heterocycles. The summed E-state index contributed by atoms with van der Waals surface area (Å²) >= 11 is 3.43. The van der Waals surface area contributed by atoms with Crippen LogP contribution < -0.4 is 10.6 Å². The van der Waals surface area contributed by atoms with E-state index in [2.05, 4.69) is 36.5 Å². The summed E-state index contributed by atoms with van der Waals surface area (Å²) in [7, 11) is 0. The molecule has 0 unspecified atom stereocenters. The summed E-state index contributed by atoms with van der Waals surface area (Å²) in [4.78, 5) is 33.6. The van der Waals surface area contributed by atoms with Crippen LogP contribution in [0.2, 0.25) is 0 Å². The summed E-state index contributed by atoms with van der Waals surface area (Å²) in [5.74, 6) is -0.202. The Balaban J connectivity index is 1.75. The highest BCUT2D eigenvalue weighted by Crippen LogP contribution is 2.28. The number of carbonyl (C=O) groups excluding carboxylic acids is 2. The summed E-state index contributed by atoms with van der Waals surface area (Å²) in [6.45, 7) is 6.45. The Bertz CT molecular complexity index is 1020. The highest BCUT2D eigenvalue weighted by atomic mass is 79.9. The van der Waals surface area contributed by atoms with Crippen LogP contribution in [0.4, 0.5) is 0 Å². The predicted molar refractivity (Wildman–Crippen MR) is 124 cm³/mol. The number of nitrogens with one attached hydrogen (secondary N) is 3. The molecule has 3 heterocycles. The maximum absolute atomic E-state index is 12.8. The molecule has 0 bridgehead atoms. The number of aliphatic imine (C=N–C) groups is 1. The molecule has 2 aliphatic heterocycles. The average Bonchev–Trinajstić information content (AvgIpc) is 3.03. The van der Waals surface area contributed by atoms with Crippen molar-refractivity contribution in [2.24, 2.45) is 4.99 Å². The Hall–Kier alpha value is -2.91. The Morgan fingerprint density at radius 2 is 2.16 bits per heavy atom. The van der Waals surface area contributed by atoms with Crippen molar-refractivity contribution < 1.29 is 14.7 Å². The van der Waals surface area contributed by atoms with Gasteiger partial charge in [-0.2, -0.15) is 0 Å². The molecule has 2 aliphatic rings. The molecule has 1 aromatic rings. The third-order valence-electron chi connectivity index (χ3n) is 5.03. The van der Waals surface area contributed by atoms with Crippen molar-refractivity contribution in [1.29, 1.82) is 0 Å². The molecule has 9 heteroatoms. The number of amides is 2. The Labute approximate surface area is 189 Å². The van der Waals surface area contributed by atoms with Gasteiger partial charge in [0.2, 0.25) is 5.91 Å². The Morgan fingerprint density at radius 1 is 1.35 bits per heavy atom. The summed E-state index contributed by atoms with van der Waals surface area (Å²) in [6, 6.07) is 7.18. The fourth-order valence-corrected chi connectivity index (χ4v) is 3.70. The van der Waals surface area contributed by atoms with E-state index < -0.39 is 0 Å². The van der Waals surface area contributed by atoms with Gasteiger partial charge in [-0.3, -0.25) is 19.5 Å². The molecular weight excluding hydrogens is 462 g/mol. The van der Waals surface area contributed by atoms with Gasteiger partial charge in [0, 0.05) is 42.4 Å². The van der Waals surface area contributed by atoms with Gasteiger partial charge in [-0.15, -0.1) is 0 Å². The van der Waals surface area contributed by atoms with Crippen LogP contribution in [0.15, 0.2) is 56.8 Å². The molecule has 0 aromatic carbocycles. The Kier molecular flexibility index (Phi) is 7.64. The molecule has 164 valence electrons. The number of H-pyrrole nitrogens is 1. The first-order chi connectivity index (χ1) is 14.8. The molecule has 0 spiro atoms. The lowest BCUT2D eigenvalue weighted by molar-refractivity contribution is -0.124. The number of carbonyl (C=O) groups is 2. The van der Waals surface area contributed by atoms with Gasteiger partial charge >= 0.3 is 0 Å². The maximum Gasteiger partial charge on any atom is 0.253 e. The van der Waals surface area contributed by atoms with Gasteiger partial charge in [0.25, 0.3) is 5.91 Å². The molecule has 4 N–H and O–H groups in total. The second-order valence-corrected chi connectivity index (χ2v) is 8.22. The van der Waals surface area contributed by atoms with Gasteiger partial charge in [-0.05, 0) is 49.8 Å². The number of aromatic hydroxyl groups is 1. The minimum Gasteiger partial charge on any atom is -0.494 e. The standard InChI is InChI=1S/C22H26BrN5O3/c1-14-18(12-16-5-6-17(23)4-3-7-25-21(16)30)27-15(2)20(14)22(31)26-9-11-28-10-8-24-19(29)13-28/h3-7,12,25,30H,8-11,13H2,1-2H3,(H,24,29)(H,26,31)/b6-5?,7-3?,17-4?,18-12-,21-16?. The van der Waals surface area contributed by atoms with E-state index in [0.29, 0.717) is 48.7 Å². The monoisotopic (exact) mass is 487 g/mol. The van der Waals surface area contributed by atoms with Crippen LogP contribution in [0.25, 0.3) is 6.08 Å². The predicted octanol–water partition coefficient (Wildman–Crippen LogP) is 2.29. The minimum absolute atomic E-state index is 0.00806. The van der Waals surface area contributed by atoms with Crippen LogP contribution in [0.3, 0.4) is 0 Å². The van der Waals surface area contributed by atoms with Gasteiger partial charge in [0.1, 0.15) is 0 Å². The van der Waals surface area contributed by atoms with Crippen LogP contribution >= 0.6 is 15.9 Å². The third-order valence-corrected chi connectivity index (χ3v) is 5.56.